The van der Waals surface area contributed by atoms with Gasteiger partial charge in [0.05, 0.1) is 6.61 Å². The molecule has 0 spiro atoms. The highest BCUT2D eigenvalue weighted by Gasteiger charge is 1.93. The first kappa shape index (κ1) is 15.7. The van der Waals surface area contributed by atoms with Gasteiger partial charge in [-0.25, -0.2) is 0 Å². The summed E-state index contributed by atoms with van der Waals surface area (Å²) >= 11 is 0. The molecule has 0 bridgehead atoms. The second kappa shape index (κ2) is 12.7. The zero-order chi connectivity index (χ0) is 12.1. The Hall–Kier alpha value is -0.340. The molecule has 0 heterocycles. The van der Waals surface area contributed by atoms with Gasteiger partial charge in [0.25, 0.3) is 0 Å². The lowest BCUT2D eigenvalue weighted by molar-refractivity contribution is 0.151. The Morgan fingerprint density at radius 3 is 1.94 bits per heavy atom. The van der Waals surface area contributed by atoms with Crippen molar-refractivity contribution in [3.05, 3.63) is 12.2 Å². The van der Waals surface area contributed by atoms with Crippen LogP contribution in [0.25, 0.3) is 0 Å². The standard InChI is InChI=1S/C14H28O2/c1-14(2)13-16-12-10-8-6-4-3-5-7-9-11-15/h15H,1,3-13H2,2H3. The van der Waals surface area contributed by atoms with Gasteiger partial charge in [-0.05, 0) is 19.8 Å². The van der Waals surface area contributed by atoms with Crippen LogP contribution in [0, 0.1) is 0 Å². The summed E-state index contributed by atoms with van der Waals surface area (Å²) in [6.45, 7) is 7.72. The van der Waals surface area contributed by atoms with Crippen molar-refractivity contribution < 1.29 is 9.84 Å². The Labute approximate surface area is 101 Å². The van der Waals surface area contributed by atoms with Crippen molar-refractivity contribution >= 4 is 0 Å². The van der Waals surface area contributed by atoms with E-state index in [4.69, 9.17) is 9.84 Å². The van der Waals surface area contributed by atoms with Gasteiger partial charge in [-0.2, -0.15) is 0 Å². The fourth-order valence-electron chi connectivity index (χ4n) is 1.62. The first-order valence-corrected chi connectivity index (χ1v) is 6.60. The monoisotopic (exact) mass is 228 g/mol. The lowest BCUT2D eigenvalue weighted by Crippen LogP contribution is -1.97. The molecular formula is C14H28O2. The summed E-state index contributed by atoms with van der Waals surface area (Å²) in [5.41, 5.74) is 1.10. The molecule has 0 aromatic rings. The van der Waals surface area contributed by atoms with E-state index >= 15 is 0 Å². The summed E-state index contributed by atoms with van der Waals surface area (Å²) in [4.78, 5) is 0. The van der Waals surface area contributed by atoms with Gasteiger partial charge in [-0.15, -0.1) is 0 Å². The third-order valence-corrected chi connectivity index (χ3v) is 2.55. The molecule has 0 unspecified atom stereocenters. The van der Waals surface area contributed by atoms with Crippen molar-refractivity contribution in [3.8, 4) is 0 Å². The van der Waals surface area contributed by atoms with E-state index in [9.17, 15) is 0 Å². The van der Waals surface area contributed by atoms with E-state index in [1.807, 2.05) is 6.92 Å². The Balaban J connectivity index is 2.90. The van der Waals surface area contributed by atoms with Gasteiger partial charge in [0.1, 0.15) is 0 Å². The molecule has 1 N–H and O–H groups in total. The average Bonchev–Trinajstić information content (AvgIpc) is 2.25. The van der Waals surface area contributed by atoms with Gasteiger partial charge < -0.3 is 9.84 Å². The van der Waals surface area contributed by atoms with Crippen LogP contribution in [0.3, 0.4) is 0 Å². The Bertz CT molecular complexity index is 155. The number of aliphatic hydroxyl groups excluding tert-OH is 1. The summed E-state index contributed by atoms with van der Waals surface area (Å²) < 4.78 is 5.43. The maximum absolute atomic E-state index is 8.61. The first-order chi connectivity index (χ1) is 7.77. The molecule has 0 radical (unpaired) electrons. The molecule has 0 aromatic heterocycles. The fraction of sp³-hybridized carbons (Fsp3) is 0.857. The van der Waals surface area contributed by atoms with Crippen molar-refractivity contribution in [1.82, 2.24) is 0 Å². The summed E-state index contributed by atoms with van der Waals surface area (Å²) in [5.74, 6) is 0. The van der Waals surface area contributed by atoms with Crippen molar-refractivity contribution in [1.29, 1.82) is 0 Å². The smallest absolute Gasteiger partial charge is 0.0671 e. The molecule has 96 valence electrons. The molecule has 0 amide bonds. The Morgan fingerprint density at radius 1 is 0.938 bits per heavy atom. The number of hydrogen-bond donors (Lipinski definition) is 1. The lowest BCUT2D eigenvalue weighted by Gasteiger charge is -2.04. The highest BCUT2D eigenvalue weighted by molar-refractivity contribution is 4.87. The summed E-state index contributed by atoms with van der Waals surface area (Å²) in [7, 11) is 0. The fourth-order valence-corrected chi connectivity index (χ4v) is 1.62. The molecule has 0 aliphatic carbocycles. The second-order valence-corrected chi connectivity index (χ2v) is 4.56. The molecule has 0 rings (SSSR count). The molecule has 0 aliphatic heterocycles. The molecule has 2 heteroatoms. The molecule has 0 aromatic carbocycles. The van der Waals surface area contributed by atoms with Crippen LogP contribution >= 0.6 is 0 Å². The zero-order valence-corrected chi connectivity index (χ0v) is 10.8. The summed E-state index contributed by atoms with van der Waals surface area (Å²) in [5, 5.41) is 8.61. The molecule has 0 saturated carbocycles. The van der Waals surface area contributed by atoms with Gasteiger partial charge >= 0.3 is 0 Å². The molecule has 0 saturated heterocycles. The highest BCUT2D eigenvalue weighted by Crippen LogP contribution is 2.08. The second-order valence-electron chi connectivity index (χ2n) is 4.56. The third-order valence-electron chi connectivity index (χ3n) is 2.55. The SMILES string of the molecule is C=C(C)COCCCCCCCCCCO. The number of unbranched alkanes of at least 4 members (excludes halogenated alkanes) is 7. The van der Waals surface area contributed by atoms with Gasteiger partial charge in [0, 0.05) is 13.2 Å². The quantitative estimate of drug-likeness (QED) is 0.408. The van der Waals surface area contributed by atoms with Crippen molar-refractivity contribution in [2.24, 2.45) is 0 Å². The minimum atomic E-state index is 0.347. The molecule has 0 fully saturated rings. The predicted octanol–water partition coefficient (Wildman–Crippen LogP) is 3.69. The normalized spacial score (nSPS) is 10.6. The van der Waals surface area contributed by atoms with Crippen LogP contribution in [0.2, 0.25) is 0 Å². The molecule has 2 nitrogen and oxygen atoms in total. The van der Waals surface area contributed by atoms with E-state index in [1.54, 1.807) is 0 Å². The van der Waals surface area contributed by atoms with Crippen LogP contribution in [-0.2, 0) is 4.74 Å². The predicted molar refractivity (Wildman–Crippen MR) is 69.7 cm³/mol. The largest absolute Gasteiger partial charge is 0.396 e. The highest BCUT2D eigenvalue weighted by atomic mass is 16.5. The van der Waals surface area contributed by atoms with E-state index in [-0.39, 0.29) is 0 Å². The minimum Gasteiger partial charge on any atom is -0.396 e. The van der Waals surface area contributed by atoms with Crippen molar-refractivity contribution in [2.75, 3.05) is 19.8 Å². The van der Waals surface area contributed by atoms with E-state index in [1.165, 1.54) is 44.9 Å². The van der Waals surface area contributed by atoms with Gasteiger partial charge in [0.15, 0.2) is 0 Å². The van der Waals surface area contributed by atoms with E-state index < -0.39 is 0 Å². The Kier molecular flexibility index (Phi) is 12.5. The average molecular weight is 228 g/mol. The Morgan fingerprint density at radius 2 is 1.44 bits per heavy atom. The van der Waals surface area contributed by atoms with Crippen molar-refractivity contribution in [2.45, 2.75) is 58.3 Å². The lowest BCUT2D eigenvalue weighted by atomic mass is 10.1. The van der Waals surface area contributed by atoms with Gasteiger partial charge in [-0.1, -0.05) is 50.7 Å². The van der Waals surface area contributed by atoms with Crippen LogP contribution in [0.1, 0.15) is 58.3 Å². The van der Waals surface area contributed by atoms with E-state index in [0.29, 0.717) is 13.2 Å². The van der Waals surface area contributed by atoms with Crippen LogP contribution in [-0.4, -0.2) is 24.9 Å². The number of rotatable bonds is 12. The topological polar surface area (TPSA) is 29.5 Å². The van der Waals surface area contributed by atoms with Gasteiger partial charge in [-0.3, -0.25) is 0 Å². The molecule has 0 atom stereocenters. The van der Waals surface area contributed by atoms with E-state index in [2.05, 4.69) is 6.58 Å². The number of hydrogen-bond acceptors (Lipinski definition) is 2. The maximum atomic E-state index is 8.61. The maximum Gasteiger partial charge on any atom is 0.0671 e. The number of aliphatic hydroxyl groups is 1. The first-order valence-electron chi connectivity index (χ1n) is 6.60. The van der Waals surface area contributed by atoms with Crippen LogP contribution in [0.4, 0.5) is 0 Å². The minimum absolute atomic E-state index is 0.347. The van der Waals surface area contributed by atoms with Crippen LogP contribution < -0.4 is 0 Å². The van der Waals surface area contributed by atoms with Gasteiger partial charge in [0.2, 0.25) is 0 Å². The number of ether oxygens (including phenoxy) is 1. The molecule has 16 heavy (non-hydrogen) atoms. The summed E-state index contributed by atoms with van der Waals surface area (Å²) in [6, 6.07) is 0. The van der Waals surface area contributed by atoms with Crippen LogP contribution in [0.15, 0.2) is 12.2 Å². The van der Waals surface area contributed by atoms with Crippen molar-refractivity contribution in [3.63, 3.8) is 0 Å². The van der Waals surface area contributed by atoms with E-state index in [0.717, 1.165) is 18.6 Å². The third kappa shape index (κ3) is 13.7. The molecule has 0 aliphatic rings. The summed E-state index contributed by atoms with van der Waals surface area (Å²) in [6.07, 6.45) is 9.81. The van der Waals surface area contributed by atoms with Crippen LogP contribution in [0.5, 0.6) is 0 Å². The molecular weight excluding hydrogens is 200 g/mol. The zero-order valence-electron chi connectivity index (χ0n) is 10.8.